The molecule has 0 aliphatic heterocycles. The fourth-order valence-corrected chi connectivity index (χ4v) is 2.02. The molecule has 1 aromatic carbocycles. The molecule has 4 N–H and O–H groups in total. The minimum Gasteiger partial charge on any atom is -0.409 e. The lowest BCUT2D eigenvalue weighted by atomic mass is 10.1. The van der Waals surface area contributed by atoms with E-state index in [2.05, 4.69) is 15.5 Å². The van der Waals surface area contributed by atoms with Crippen LogP contribution in [0.1, 0.15) is 16.8 Å². The molecule has 1 heterocycles. The number of rotatable bonds is 4. The number of nitrogens with two attached hydrogens (primary N) is 1. The average Bonchev–Trinajstić information content (AvgIpc) is 2.48. The van der Waals surface area contributed by atoms with Crippen LogP contribution in [0.4, 0.5) is 5.69 Å². The number of pyridine rings is 1. The predicted octanol–water partition coefficient (Wildman–Crippen LogP) is 2.75. The van der Waals surface area contributed by atoms with Gasteiger partial charge in [0.15, 0.2) is 5.84 Å². The number of nitrogens with zero attached hydrogens (tertiary/aromatic N) is 2. The molecule has 20 heavy (non-hydrogen) atoms. The molecule has 2 rings (SSSR count). The zero-order chi connectivity index (χ0) is 14.5. The van der Waals surface area contributed by atoms with Gasteiger partial charge in [0.1, 0.15) is 5.69 Å². The Labute approximate surface area is 122 Å². The number of benzene rings is 1. The van der Waals surface area contributed by atoms with Crippen molar-refractivity contribution in [1.29, 1.82) is 0 Å². The van der Waals surface area contributed by atoms with Crippen LogP contribution in [0.25, 0.3) is 0 Å². The van der Waals surface area contributed by atoms with Crippen LogP contribution in [0, 0.1) is 6.92 Å². The predicted molar refractivity (Wildman–Crippen MR) is 80.3 cm³/mol. The summed E-state index contributed by atoms with van der Waals surface area (Å²) in [7, 11) is 0. The molecule has 0 atom stereocenters. The Morgan fingerprint density at radius 1 is 1.40 bits per heavy atom. The largest absolute Gasteiger partial charge is 0.409 e. The van der Waals surface area contributed by atoms with Crippen LogP contribution in [0.5, 0.6) is 0 Å². The van der Waals surface area contributed by atoms with Crippen molar-refractivity contribution in [2.75, 3.05) is 5.32 Å². The topological polar surface area (TPSA) is 83.5 Å². The monoisotopic (exact) mass is 290 g/mol. The molecule has 0 saturated carbocycles. The van der Waals surface area contributed by atoms with Crippen molar-refractivity contribution >= 4 is 23.1 Å². The lowest BCUT2D eigenvalue weighted by molar-refractivity contribution is 0.318. The number of anilines is 1. The number of hydrogen-bond donors (Lipinski definition) is 3. The van der Waals surface area contributed by atoms with E-state index in [-0.39, 0.29) is 5.84 Å². The fraction of sp³-hybridized carbons (Fsp3) is 0.143. The maximum absolute atomic E-state index is 8.76. The van der Waals surface area contributed by atoms with E-state index in [1.165, 1.54) is 0 Å². The number of oxime groups is 1. The number of hydrogen-bond acceptors (Lipinski definition) is 4. The third kappa shape index (κ3) is 3.00. The van der Waals surface area contributed by atoms with Crippen molar-refractivity contribution < 1.29 is 5.21 Å². The first-order valence-electron chi connectivity index (χ1n) is 6.04. The maximum Gasteiger partial charge on any atom is 0.189 e. The summed E-state index contributed by atoms with van der Waals surface area (Å²) in [6.07, 6.45) is 1.60. The summed E-state index contributed by atoms with van der Waals surface area (Å²) in [4.78, 5) is 4.12. The molecule has 0 radical (unpaired) electrons. The van der Waals surface area contributed by atoms with Gasteiger partial charge in [0.2, 0.25) is 0 Å². The Hall–Kier alpha value is -2.27. The molecule has 0 aliphatic carbocycles. The lowest BCUT2D eigenvalue weighted by Gasteiger charge is -2.12. The number of halogens is 1. The molecule has 2 aromatic rings. The van der Waals surface area contributed by atoms with Crippen molar-refractivity contribution in [2.24, 2.45) is 10.9 Å². The highest BCUT2D eigenvalue weighted by Gasteiger charge is 2.08. The molecule has 0 saturated heterocycles. The first kappa shape index (κ1) is 14.1. The van der Waals surface area contributed by atoms with Crippen molar-refractivity contribution in [2.45, 2.75) is 13.5 Å². The van der Waals surface area contributed by atoms with Gasteiger partial charge in [-0.3, -0.25) is 4.98 Å². The van der Waals surface area contributed by atoms with Crippen LogP contribution < -0.4 is 11.1 Å². The highest BCUT2D eigenvalue weighted by Crippen LogP contribution is 2.23. The minimum atomic E-state index is -0.00906. The summed E-state index contributed by atoms with van der Waals surface area (Å²) in [5.41, 5.74) is 8.81. The quantitative estimate of drug-likeness (QED) is 0.350. The maximum atomic E-state index is 8.76. The Bertz CT molecular complexity index is 643. The zero-order valence-corrected chi connectivity index (χ0v) is 11.7. The minimum absolute atomic E-state index is 0.00906. The van der Waals surface area contributed by atoms with Gasteiger partial charge in [0.05, 0.1) is 0 Å². The molecule has 6 heteroatoms. The first-order chi connectivity index (χ1) is 9.63. The third-order valence-corrected chi connectivity index (χ3v) is 3.39. The summed E-state index contributed by atoms with van der Waals surface area (Å²) in [6, 6.07) is 9.34. The van der Waals surface area contributed by atoms with Crippen LogP contribution in [0.3, 0.4) is 0 Å². The van der Waals surface area contributed by atoms with E-state index in [0.29, 0.717) is 17.3 Å². The number of aromatic nitrogens is 1. The molecule has 1 aromatic heterocycles. The molecule has 0 amide bonds. The van der Waals surface area contributed by atoms with Crippen LogP contribution in [0.15, 0.2) is 41.7 Å². The smallest absolute Gasteiger partial charge is 0.189 e. The van der Waals surface area contributed by atoms with Gasteiger partial charge in [-0.25, -0.2) is 0 Å². The molecule has 0 spiro atoms. The Kier molecular flexibility index (Phi) is 4.42. The Morgan fingerprint density at radius 2 is 2.20 bits per heavy atom. The van der Waals surface area contributed by atoms with Gasteiger partial charge < -0.3 is 16.3 Å². The highest BCUT2D eigenvalue weighted by atomic mass is 35.5. The third-order valence-electron chi connectivity index (χ3n) is 2.98. The highest BCUT2D eigenvalue weighted by molar-refractivity contribution is 6.31. The second-order valence-corrected chi connectivity index (χ2v) is 4.67. The summed E-state index contributed by atoms with van der Waals surface area (Å²) >= 11 is 6.08. The van der Waals surface area contributed by atoms with E-state index < -0.39 is 0 Å². The van der Waals surface area contributed by atoms with E-state index in [1.54, 1.807) is 12.3 Å². The van der Waals surface area contributed by atoms with Gasteiger partial charge in [0, 0.05) is 29.0 Å². The van der Waals surface area contributed by atoms with Gasteiger partial charge in [0.25, 0.3) is 0 Å². The van der Waals surface area contributed by atoms with Crippen molar-refractivity contribution in [3.05, 3.63) is 58.4 Å². The number of nitrogens with one attached hydrogen (secondary N) is 1. The molecule has 0 bridgehead atoms. The van der Waals surface area contributed by atoms with Gasteiger partial charge in [-0.15, -0.1) is 0 Å². The Morgan fingerprint density at radius 3 is 2.95 bits per heavy atom. The van der Waals surface area contributed by atoms with E-state index in [1.807, 2.05) is 31.2 Å². The standard InChI is InChI=1S/C14H15ClN4O/c1-9-11(15)5-2-6-12(9)18-8-10-4-3-7-17-13(10)14(16)19-20/h2-7,18,20H,8H2,1H3,(H2,16,19). The number of amidine groups is 1. The lowest BCUT2D eigenvalue weighted by Crippen LogP contribution is -2.18. The van der Waals surface area contributed by atoms with Crippen LogP contribution in [-0.2, 0) is 6.54 Å². The van der Waals surface area contributed by atoms with E-state index in [0.717, 1.165) is 16.8 Å². The van der Waals surface area contributed by atoms with Crippen LogP contribution >= 0.6 is 11.6 Å². The van der Waals surface area contributed by atoms with Crippen molar-refractivity contribution in [1.82, 2.24) is 4.98 Å². The molecule has 0 fully saturated rings. The fourth-order valence-electron chi connectivity index (χ4n) is 1.85. The van der Waals surface area contributed by atoms with Gasteiger partial charge in [-0.2, -0.15) is 0 Å². The van der Waals surface area contributed by atoms with Crippen LogP contribution in [-0.4, -0.2) is 16.0 Å². The summed E-state index contributed by atoms with van der Waals surface area (Å²) in [5.74, 6) is -0.00906. The summed E-state index contributed by atoms with van der Waals surface area (Å²) in [6.45, 7) is 2.44. The van der Waals surface area contributed by atoms with Gasteiger partial charge in [-0.05, 0) is 30.7 Å². The van der Waals surface area contributed by atoms with Gasteiger partial charge >= 0.3 is 0 Å². The van der Waals surface area contributed by atoms with Crippen molar-refractivity contribution in [3.63, 3.8) is 0 Å². The Balaban J connectivity index is 2.21. The molecule has 0 aliphatic rings. The normalized spacial score (nSPS) is 11.4. The first-order valence-corrected chi connectivity index (χ1v) is 6.42. The molecule has 5 nitrogen and oxygen atoms in total. The molecule has 0 unspecified atom stereocenters. The zero-order valence-electron chi connectivity index (χ0n) is 11.0. The SMILES string of the molecule is Cc1c(Cl)cccc1NCc1cccnc1C(N)=NO. The summed E-state index contributed by atoms with van der Waals surface area (Å²) < 4.78 is 0. The van der Waals surface area contributed by atoms with E-state index in [9.17, 15) is 0 Å². The molecule has 104 valence electrons. The van der Waals surface area contributed by atoms with Crippen molar-refractivity contribution in [3.8, 4) is 0 Å². The second kappa shape index (κ2) is 6.25. The van der Waals surface area contributed by atoms with E-state index >= 15 is 0 Å². The van der Waals surface area contributed by atoms with E-state index in [4.69, 9.17) is 22.5 Å². The second-order valence-electron chi connectivity index (χ2n) is 4.26. The summed E-state index contributed by atoms with van der Waals surface area (Å²) in [5, 5.41) is 15.7. The van der Waals surface area contributed by atoms with Gasteiger partial charge in [-0.1, -0.05) is 28.9 Å². The molecular formula is C14H15ClN4O. The average molecular weight is 291 g/mol. The van der Waals surface area contributed by atoms with Crippen LogP contribution in [0.2, 0.25) is 5.02 Å². The molecular weight excluding hydrogens is 276 g/mol.